The number of hydrogen-bond acceptors (Lipinski definition) is 4. The molecule has 0 amide bonds. The second-order valence-corrected chi connectivity index (χ2v) is 5.56. The molecule has 1 aromatic rings. The molecule has 0 spiro atoms. The van der Waals surface area contributed by atoms with E-state index in [0.717, 1.165) is 26.2 Å². The zero-order valence-electron chi connectivity index (χ0n) is 11.8. The molecule has 1 atom stereocenters. The van der Waals surface area contributed by atoms with Crippen molar-refractivity contribution in [2.24, 2.45) is 0 Å². The van der Waals surface area contributed by atoms with Crippen LogP contribution in [0.5, 0.6) is 0 Å². The SMILES string of the molecule is CNC(C)(C)c1cncn1CC1CN(C)CCO1. The second kappa shape index (κ2) is 5.38. The van der Waals surface area contributed by atoms with Crippen LogP contribution in [0.15, 0.2) is 12.5 Å². The lowest BCUT2D eigenvalue weighted by Gasteiger charge is -2.32. The van der Waals surface area contributed by atoms with Gasteiger partial charge in [-0.05, 0) is 27.9 Å². The number of aromatic nitrogens is 2. The molecule has 0 radical (unpaired) electrons. The van der Waals surface area contributed by atoms with Gasteiger partial charge in [0.05, 0.1) is 36.8 Å². The second-order valence-electron chi connectivity index (χ2n) is 5.56. The lowest BCUT2D eigenvalue weighted by molar-refractivity contribution is -0.0281. The van der Waals surface area contributed by atoms with E-state index in [-0.39, 0.29) is 11.6 Å². The third-order valence-corrected chi connectivity index (χ3v) is 3.72. The van der Waals surface area contributed by atoms with Crippen LogP contribution >= 0.6 is 0 Å². The van der Waals surface area contributed by atoms with Crippen molar-refractivity contribution < 1.29 is 4.74 Å². The van der Waals surface area contributed by atoms with Crippen LogP contribution in [0.25, 0.3) is 0 Å². The summed E-state index contributed by atoms with van der Waals surface area (Å²) in [4.78, 5) is 6.59. The van der Waals surface area contributed by atoms with Crippen molar-refractivity contribution >= 4 is 0 Å². The number of nitrogens with zero attached hydrogens (tertiary/aromatic N) is 3. The molecule has 5 nitrogen and oxygen atoms in total. The Labute approximate surface area is 109 Å². The van der Waals surface area contributed by atoms with Crippen LogP contribution < -0.4 is 5.32 Å². The third-order valence-electron chi connectivity index (χ3n) is 3.72. The minimum atomic E-state index is -0.0724. The first-order valence-corrected chi connectivity index (χ1v) is 6.52. The minimum absolute atomic E-state index is 0.0724. The average molecular weight is 252 g/mol. The standard InChI is InChI=1S/C13H24N4O/c1-13(2,14-3)12-7-15-10-17(12)9-11-8-16(4)5-6-18-11/h7,10-11,14H,5-6,8-9H2,1-4H3. The largest absolute Gasteiger partial charge is 0.374 e. The van der Waals surface area contributed by atoms with Crippen molar-refractivity contribution in [3.63, 3.8) is 0 Å². The summed E-state index contributed by atoms with van der Waals surface area (Å²) in [6.07, 6.45) is 4.08. The van der Waals surface area contributed by atoms with Gasteiger partial charge in [0.1, 0.15) is 0 Å². The first-order chi connectivity index (χ1) is 8.53. The van der Waals surface area contributed by atoms with Gasteiger partial charge in [0.2, 0.25) is 0 Å². The molecule has 102 valence electrons. The molecule has 5 heteroatoms. The Balaban J connectivity index is 2.08. The average Bonchev–Trinajstić information content (AvgIpc) is 2.78. The summed E-state index contributed by atoms with van der Waals surface area (Å²) in [7, 11) is 4.12. The highest BCUT2D eigenvalue weighted by Crippen LogP contribution is 2.20. The Morgan fingerprint density at radius 3 is 3.00 bits per heavy atom. The van der Waals surface area contributed by atoms with Crippen molar-refractivity contribution in [2.45, 2.75) is 32.0 Å². The van der Waals surface area contributed by atoms with Crippen LogP contribution in [-0.4, -0.2) is 54.3 Å². The van der Waals surface area contributed by atoms with E-state index < -0.39 is 0 Å². The van der Waals surface area contributed by atoms with Gasteiger partial charge in [-0.15, -0.1) is 0 Å². The predicted octanol–water partition coefficient (Wildman–Crippen LogP) is 0.668. The molecule has 1 N–H and O–H groups in total. The highest BCUT2D eigenvalue weighted by Gasteiger charge is 2.25. The van der Waals surface area contributed by atoms with Gasteiger partial charge in [0.25, 0.3) is 0 Å². The van der Waals surface area contributed by atoms with Gasteiger partial charge in [-0.3, -0.25) is 0 Å². The summed E-state index contributed by atoms with van der Waals surface area (Å²) in [5.74, 6) is 0. The number of nitrogens with one attached hydrogen (secondary N) is 1. The molecule has 2 rings (SSSR count). The van der Waals surface area contributed by atoms with Gasteiger partial charge >= 0.3 is 0 Å². The van der Waals surface area contributed by atoms with Gasteiger partial charge in [-0.1, -0.05) is 0 Å². The molecular formula is C13H24N4O. The van der Waals surface area contributed by atoms with E-state index in [0.29, 0.717) is 0 Å². The fraction of sp³-hybridized carbons (Fsp3) is 0.769. The maximum Gasteiger partial charge on any atom is 0.0949 e. The number of morpholine rings is 1. The molecular weight excluding hydrogens is 228 g/mol. The fourth-order valence-corrected chi connectivity index (χ4v) is 2.31. The van der Waals surface area contributed by atoms with Crippen molar-refractivity contribution in [3.05, 3.63) is 18.2 Å². The van der Waals surface area contributed by atoms with Crippen molar-refractivity contribution in [1.29, 1.82) is 0 Å². The van der Waals surface area contributed by atoms with Gasteiger partial charge in [0.15, 0.2) is 0 Å². The van der Waals surface area contributed by atoms with E-state index in [4.69, 9.17) is 4.74 Å². The highest BCUT2D eigenvalue weighted by molar-refractivity contribution is 5.11. The van der Waals surface area contributed by atoms with Crippen LogP contribution in [0.2, 0.25) is 0 Å². The van der Waals surface area contributed by atoms with Crippen LogP contribution in [0.4, 0.5) is 0 Å². The number of ether oxygens (including phenoxy) is 1. The maximum absolute atomic E-state index is 5.81. The molecule has 1 fully saturated rings. The first kappa shape index (κ1) is 13.5. The van der Waals surface area contributed by atoms with Gasteiger partial charge in [-0.25, -0.2) is 4.98 Å². The molecule has 0 bridgehead atoms. The summed E-state index contributed by atoms with van der Waals surface area (Å²) in [5, 5.41) is 3.32. The molecule has 1 aliphatic rings. The molecule has 0 aromatic carbocycles. The molecule has 1 aromatic heterocycles. The summed E-state index contributed by atoms with van der Waals surface area (Å²) < 4.78 is 8.01. The smallest absolute Gasteiger partial charge is 0.0949 e. The molecule has 0 saturated carbocycles. The van der Waals surface area contributed by atoms with E-state index >= 15 is 0 Å². The Morgan fingerprint density at radius 2 is 2.33 bits per heavy atom. The van der Waals surface area contributed by atoms with Crippen molar-refractivity contribution in [3.8, 4) is 0 Å². The molecule has 18 heavy (non-hydrogen) atoms. The molecule has 0 aliphatic carbocycles. The predicted molar refractivity (Wildman–Crippen MR) is 71.5 cm³/mol. The lowest BCUT2D eigenvalue weighted by Crippen LogP contribution is -2.43. The molecule has 1 unspecified atom stereocenters. The van der Waals surface area contributed by atoms with E-state index in [2.05, 4.69) is 40.7 Å². The van der Waals surface area contributed by atoms with Gasteiger partial charge in [0, 0.05) is 19.3 Å². The van der Waals surface area contributed by atoms with E-state index in [1.165, 1.54) is 5.69 Å². The third kappa shape index (κ3) is 2.91. The maximum atomic E-state index is 5.81. The minimum Gasteiger partial charge on any atom is -0.374 e. The van der Waals surface area contributed by atoms with E-state index in [1.807, 2.05) is 19.6 Å². The topological polar surface area (TPSA) is 42.3 Å². The number of hydrogen-bond donors (Lipinski definition) is 1. The highest BCUT2D eigenvalue weighted by atomic mass is 16.5. The zero-order valence-corrected chi connectivity index (χ0v) is 11.8. The lowest BCUT2D eigenvalue weighted by atomic mass is 10.0. The summed E-state index contributed by atoms with van der Waals surface area (Å²) in [5.41, 5.74) is 1.12. The van der Waals surface area contributed by atoms with Crippen LogP contribution in [0.3, 0.4) is 0 Å². The van der Waals surface area contributed by atoms with Gasteiger partial charge in [-0.2, -0.15) is 0 Å². The van der Waals surface area contributed by atoms with Gasteiger partial charge < -0.3 is 19.5 Å². The Kier molecular flexibility index (Phi) is 4.04. The van der Waals surface area contributed by atoms with Crippen LogP contribution in [0, 0.1) is 0 Å². The summed E-state index contributed by atoms with van der Waals surface area (Å²) in [6.45, 7) is 8.01. The van der Waals surface area contributed by atoms with Crippen molar-refractivity contribution in [2.75, 3.05) is 33.8 Å². The molecule has 2 heterocycles. The Hall–Kier alpha value is -0.910. The summed E-state index contributed by atoms with van der Waals surface area (Å²) in [6, 6.07) is 0. The Morgan fingerprint density at radius 1 is 1.56 bits per heavy atom. The monoisotopic (exact) mass is 252 g/mol. The van der Waals surface area contributed by atoms with Crippen LogP contribution in [-0.2, 0) is 16.8 Å². The van der Waals surface area contributed by atoms with E-state index in [1.54, 1.807) is 0 Å². The number of likely N-dealkylation sites (N-methyl/N-ethyl adjacent to an activating group) is 1. The van der Waals surface area contributed by atoms with E-state index in [9.17, 15) is 0 Å². The normalized spacial score (nSPS) is 22.3. The van der Waals surface area contributed by atoms with Crippen molar-refractivity contribution in [1.82, 2.24) is 19.8 Å². The van der Waals surface area contributed by atoms with Crippen LogP contribution in [0.1, 0.15) is 19.5 Å². The zero-order chi connectivity index (χ0) is 13.2. The summed E-state index contributed by atoms with van der Waals surface area (Å²) >= 11 is 0. The fourth-order valence-electron chi connectivity index (χ4n) is 2.31. The molecule has 1 aliphatic heterocycles. The first-order valence-electron chi connectivity index (χ1n) is 6.52. The Bertz CT molecular complexity index is 388. The number of rotatable bonds is 4. The molecule has 1 saturated heterocycles. The number of imidazole rings is 1. The quantitative estimate of drug-likeness (QED) is 0.855.